The van der Waals surface area contributed by atoms with Gasteiger partial charge in [-0.05, 0) is 0 Å². The zero-order valence-corrected chi connectivity index (χ0v) is 6.49. The zero-order chi connectivity index (χ0) is 6.85. The van der Waals surface area contributed by atoms with Gasteiger partial charge in [-0.3, -0.25) is 0 Å². The van der Waals surface area contributed by atoms with Crippen LogP contribution in [0.5, 0.6) is 5.75 Å². The van der Waals surface area contributed by atoms with Crippen LogP contribution in [0.25, 0.3) is 0 Å². The van der Waals surface area contributed by atoms with Crippen molar-refractivity contribution in [3.63, 3.8) is 0 Å². The molecule has 0 aliphatic rings. The van der Waals surface area contributed by atoms with Crippen molar-refractivity contribution >= 4 is 29.7 Å². The SMILES string of the molecule is Cl.Nc1cc(O)cnc1Cl. The lowest BCUT2D eigenvalue weighted by atomic mass is 10.4. The largest absolute Gasteiger partial charge is 0.506 e. The average molecular weight is 181 g/mol. The second kappa shape index (κ2) is 3.49. The van der Waals surface area contributed by atoms with Gasteiger partial charge in [0.15, 0.2) is 5.15 Å². The van der Waals surface area contributed by atoms with Gasteiger partial charge < -0.3 is 10.8 Å². The molecule has 0 amide bonds. The molecule has 1 heterocycles. The summed E-state index contributed by atoms with van der Waals surface area (Å²) in [5.74, 6) is 0.0249. The highest BCUT2D eigenvalue weighted by atomic mass is 35.5. The maximum atomic E-state index is 8.74. The van der Waals surface area contributed by atoms with Gasteiger partial charge in [0, 0.05) is 6.07 Å². The Bertz CT molecular complexity index is 229. The van der Waals surface area contributed by atoms with Crippen LogP contribution in [0, 0.1) is 0 Å². The first-order valence-electron chi connectivity index (χ1n) is 2.30. The van der Waals surface area contributed by atoms with Crippen molar-refractivity contribution in [1.29, 1.82) is 0 Å². The minimum Gasteiger partial charge on any atom is -0.506 e. The van der Waals surface area contributed by atoms with E-state index < -0.39 is 0 Å². The quantitative estimate of drug-likeness (QED) is 0.595. The zero-order valence-electron chi connectivity index (χ0n) is 4.91. The summed E-state index contributed by atoms with van der Waals surface area (Å²) in [6.45, 7) is 0. The Labute approximate surface area is 69.2 Å². The lowest BCUT2D eigenvalue weighted by molar-refractivity contribution is 0.473. The highest BCUT2D eigenvalue weighted by Crippen LogP contribution is 2.18. The molecule has 0 fully saturated rings. The van der Waals surface area contributed by atoms with Gasteiger partial charge in [0.2, 0.25) is 0 Å². The molecule has 56 valence electrons. The third-order valence-electron chi connectivity index (χ3n) is 0.852. The number of anilines is 1. The average Bonchev–Trinajstić information content (AvgIpc) is 1.80. The first kappa shape index (κ1) is 9.33. The Morgan fingerprint density at radius 3 is 2.60 bits per heavy atom. The molecule has 0 saturated heterocycles. The van der Waals surface area contributed by atoms with Crippen LogP contribution in [0.4, 0.5) is 5.69 Å². The number of halogens is 2. The number of pyridine rings is 1. The maximum Gasteiger partial charge on any atom is 0.152 e. The summed E-state index contributed by atoms with van der Waals surface area (Å²) in [5.41, 5.74) is 5.55. The topological polar surface area (TPSA) is 59.1 Å². The van der Waals surface area contributed by atoms with Crippen molar-refractivity contribution < 1.29 is 5.11 Å². The molecule has 0 atom stereocenters. The van der Waals surface area contributed by atoms with Crippen LogP contribution >= 0.6 is 24.0 Å². The fourth-order valence-electron chi connectivity index (χ4n) is 0.453. The fourth-order valence-corrected chi connectivity index (χ4v) is 0.557. The van der Waals surface area contributed by atoms with Crippen LogP contribution in [0.2, 0.25) is 5.15 Å². The van der Waals surface area contributed by atoms with E-state index in [4.69, 9.17) is 22.4 Å². The molecule has 1 aromatic rings. The highest BCUT2D eigenvalue weighted by molar-refractivity contribution is 6.31. The van der Waals surface area contributed by atoms with E-state index in [2.05, 4.69) is 4.98 Å². The molecule has 3 N–H and O–H groups in total. The normalized spacial score (nSPS) is 8.50. The predicted molar refractivity (Wildman–Crippen MR) is 42.6 cm³/mol. The van der Waals surface area contributed by atoms with E-state index in [1.54, 1.807) is 0 Å². The molecule has 5 heteroatoms. The van der Waals surface area contributed by atoms with Crippen LogP contribution in [0.15, 0.2) is 12.3 Å². The van der Waals surface area contributed by atoms with Gasteiger partial charge in [-0.15, -0.1) is 12.4 Å². The molecule has 0 radical (unpaired) electrons. The molecule has 0 aliphatic carbocycles. The van der Waals surface area contributed by atoms with E-state index in [9.17, 15) is 0 Å². The van der Waals surface area contributed by atoms with Crippen molar-refractivity contribution in [1.82, 2.24) is 4.98 Å². The van der Waals surface area contributed by atoms with Crippen LogP contribution in [-0.4, -0.2) is 10.1 Å². The minimum absolute atomic E-state index is 0. The maximum absolute atomic E-state index is 8.74. The molecule has 0 bridgehead atoms. The van der Waals surface area contributed by atoms with Gasteiger partial charge in [-0.1, -0.05) is 11.6 Å². The smallest absolute Gasteiger partial charge is 0.152 e. The van der Waals surface area contributed by atoms with Gasteiger partial charge in [-0.25, -0.2) is 4.98 Å². The molecule has 0 aromatic carbocycles. The number of aromatic nitrogens is 1. The van der Waals surface area contributed by atoms with E-state index in [-0.39, 0.29) is 29.0 Å². The minimum atomic E-state index is 0. The second-order valence-corrected chi connectivity index (χ2v) is 1.93. The Morgan fingerprint density at radius 2 is 2.20 bits per heavy atom. The second-order valence-electron chi connectivity index (χ2n) is 1.57. The molecule has 10 heavy (non-hydrogen) atoms. The van der Waals surface area contributed by atoms with Gasteiger partial charge >= 0.3 is 0 Å². The number of hydrogen-bond acceptors (Lipinski definition) is 3. The monoisotopic (exact) mass is 180 g/mol. The fraction of sp³-hybridized carbons (Fsp3) is 0. The first-order valence-corrected chi connectivity index (χ1v) is 2.68. The molecule has 3 nitrogen and oxygen atoms in total. The third kappa shape index (κ3) is 1.93. The van der Waals surface area contributed by atoms with Crippen LogP contribution in [-0.2, 0) is 0 Å². The van der Waals surface area contributed by atoms with Gasteiger partial charge in [0.25, 0.3) is 0 Å². The van der Waals surface area contributed by atoms with Gasteiger partial charge in [-0.2, -0.15) is 0 Å². The summed E-state index contributed by atoms with van der Waals surface area (Å²) in [6.07, 6.45) is 1.23. The van der Waals surface area contributed by atoms with E-state index in [1.807, 2.05) is 0 Å². The molecular weight excluding hydrogens is 175 g/mol. The number of aromatic hydroxyl groups is 1. The van der Waals surface area contributed by atoms with Crippen molar-refractivity contribution in [2.75, 3.05) is 5.73 Å². The lowest BCUT2D eigenvalue weighted by Crippen LogP contribution is -1.87. The van der Waals surface area contributed by atoms with E-state index >= 15 is 0 Å². The Balaban J connectivity index is 0.000000810. The molecule has 0 saturated carbocycles. The van der Waals surface area contributed by atoms with Crippen LogP contribution in [0.3, 0.4) is 0 Å². The van der Waals surface area contributed by atoms with Crippen LogP contribution < -0.4 is 5.73 Å². The number of nitrogens with two attached hydrogens (primary N) is 1. The number of rotatable bonds is 0. The Morgan fingerprint density at radius 1 is 1.60 bits per heavy atom. The molecule has 1 rings (SSSR count). The summed E-state index contributed by atoms with van der Waals surface area (Å²) in [6, 6.07) is 1.34. The van der Waals surface area contributed by atoms with Crippen molar-refractivity contribution in [3.8, 4) is 5.75 Å². The van der Waals surface area contributed by atoms with E-state index in [0.29, 0.717) is 0 Å². The van der Waals surface area contributed by atoms with Crippen molar-refractivity contribution in [2.45, 2.75) is 0 Å². The number of nitrogens with zero attached hydrogens (tertiary/aromatic N) is 1. The van der Waals surface area contributed by atoms with Crippen LogP contribution in [0.1, 0.15) is 0 Å². The molecule has 0 aliphatic heterocycles. The van der Waals surface area contributed by atoms with Crippen molar-refractivity contribution in [2.24, 2.45) is 0 Å². The molecule has 1 aromatic heterocycles. The summed E-state index contributed by atoms with van der Waals surface area (Å²) in [7, 11) is 0. The summed E-state index contributed by atoms with van der Waals surface area (Å²) in [5, 5.41) is 8.95. The predicted octanol–water partition coefficient (Wildman–Crippen LogP) is 1.44. The molecular formula is C5H6Cl2N2O. The Hall–Kier alpha value is -0.670. The highest BCUT2D eigenvalue weighted by Gasteiger charge is 1.95. The van der Waals surface area contributed by atoms with Gasteiger partial charge in [0.1, 0.15) is 5.75 Å². The molecule has 0 unspecified atom stereocenters. The molecule has 0 spiro atoms. The van der Waals surface area contributed by atoms with Crippen molar-refractivity contribution in [3.05, 3.63) is 17.4 Å². The lowest BCUT2D eigenvalue weighted by Gasteiger charge is -1.94. The van der Waals surface area contributed by atoms with Gasteiger partial charge in [0.05, 0.1) is 11.9 Å². The van der Waals surface area contributed by atoms with E-state index in [1.165, 1.54) is 12.3 Å². The summed E-state index contributed by atoms with van der Waals surface area (Å²) < 4.78 is 0. The first-order chi connectivity index (χ1) is 4.20. The van der Waals surface area contributed by atoms with E-state index in [0.717, 1.165) is 0 Å². The Kier molecular flexibility index (Phi) is 3.25. The standard InChI is InChI=1S/C5H5ClN2O.ClH/c6-5-4(7)1-3(9)2-8-5;/h1-2,9H,7H2;1H. The summed E-state index contributed by atoms with van der Waals surface area (Å²) in [4.78, 5) is 3.57. The third-order valence-corrected chi connectivity index (χ3v) is 1.17. The summed E-state index contributed by atoms with van der Waals surface area (Å²) >= 11 is 5.43. The number of hydrogen-bond donors (Lipinski definition) is 2. The number of nitrogen functional groups attached to an aromatic ring is 1.